The maximum Gasteiger partial charge on any atom is 0.261 e. The molecule has 4 aromatic carbocycles. The summed E-state index contributed by atoms with van der Waals surface area (Å²) in [5, 5.41) is 19.6. The molecule has 47 heavy (non-hydrogen) atoms. The van der Waals surface area contributed by atoms with Crippen LogP contribution in [0.3, 0.4) is 0 Å². The van der Waals surface area contributed by atoms with Crippen molar-refractivity contribution in [2.24, 2.45) is 5.92 Å². The van der Waals surface area contributed by atoms with Crippen LogP contribution in [0.1, 0.15) is 75.1 Å². The maximum atomic E-state index is 13.0. The van der Waals surface area contributed by atoms with Crippen molar-refractivity contribution in [3.8, 4) is 11.1 Å². The van der Waals surface area contributed by atoms with E-state index in [4.69, 9.17) is 9.47 Å². The van der Waals surface area contributed by atoms with E-state index in [2.05, 4.69) is 17.9 Å². The van der Waals surface area contributed by atoms with Gasteiger partial charge in [-0.15, -0.1) is 0 Å². The molecular formula is C39H40N2O6. The molecule has 2 fully saturated rings. The molecule has 5 unspecified atom stereocenters. The normalized spacial score (nSPS) is 24.6. The molecule has 2 N–H and O–H groups in total. The Balaban J connectivity index is 1.14. The number of benzene rings is 4. The third kappa shape index (κ3) is 6.27. The molecule has 0 radical (unpaired) electrons. The first-order chi connectivity index (χ1) is 22.9. The molecule has 3 aliphatic rings. The van der Waals surface area contributed by atoms with Crippen molar-refractivity contribution in [1.82, 2.24) is 9.80 Å². The van der Waals surface area contributed by atoms with E-state index in [0.717, 1.165) is 52.8 Å². The third-order valence-corrected chi connectivity index (χ3v) is 9.89. The van der Waals surface area contributed by atoms with E-state index in [1.54, 1.807) is 24.3 Å². The summed E-state index contributed by atoms with van der Waals surface area (Å²) in [4.78, 5) is 29.6. The number of carbonyl (C=O) groups excluding carboxylic acids is 2. The number of aliphatic hydroxyl groups is 2. The Morgan fingerprint density at radius 3 is 2.17 bits per heavy atom. The van der Waals surface area contributed by atoms with Gasteiger partial charge in [-0.2, -0.15) is 0 Å². The second-order valence-corrected chi connectivity index (χ2v) is 12.9. The summed E-state index contributed by atoms with van der Waals surface area (Å²) in [6, 6.07) is 31.0. The number of fused-ring (bicyclic) bond motifs is 1. The lowest BCUT2D eigenvalue weighted by Gasteiger charge is -2.43. The number of rotatable bonds is 9. The first-order valence-electron chi connectivity index (χ1n) is 16.4. The molecule has 3 aliphatic heterocycles. The van der Waals surface area contributed by atoms with Gasteiger partial charge in [0.05, 0.1) is 43.1 Å². The molecule has 8 nitrogen and oxygen atoms in total. The Morgan fingerprint density at radius 1 is 0.766 bits per heavy atom. The minimum Gasteiger partial charge on any atom is -0.395 e. The zero-order valence-electron chi connectivity index (χ0n) is 26.5. The maximum absolute atomic E-state index is 13.0. The summed E-state index contributed by atoms with van der Waals surface area (Å²) in [6.45, 7) is 4.12. The molecule has 0 aliphatic carbocycles. The molecule has 0 saturated carbocycles. The van der Waals surface area contributed by atoms with Crippen LogP contribution >= 0.6 is 0 Å². The highest BCUT2D eigenvalue weighted by Gasteiger charge is 2.40. The quantitative estimate of drug-likeness (QED) is 0.222. The van der Waals surface area contributed by atoms with Crippen LogP contribution in [-0.2, 0) is 22.6 Å². The van der Waals surface area contributed by atoms with Gasteiger partial charge >= 0.3 is 0 Å². The topological polar surface area (TPSA) is 99.5 Å². The minimum absolute atomic E-state index is 0.0144. The molecule has 0 aromatic heterocycles. The van der Waals surface area contributed by atoms with Crippen LogP contribution in [-0.4, -0.2) is 63.7 Å². The zero-order chi connectivity index (χ0) is 32.5. The van der Waals surface area contributed by atoms with Gasteiger partial charge < -0.3 is 19.7 Å². The van der Waals surface area contributed by atoms with E-state index in [1.165, 1.54) is 4.90 Å². The highest BCUT2D eigenvalue weighted by molar-refractivity contribution is 6.21. The van der Waals surface area contributed by atoms with Gasteiger partial charge in [0.25, 0.3) is 11.8 Å². The molecule has 2 amide bonds. The van der Waals surface area contributed by atoms with Crippen LogP contribution in [0.25, 0.3) is 11.1 Å². The molecule has 0 bridgehead atoms. The second kappa shape index (κ2) is 13.5. The molecule has 0 spiro atoms. The van der Waals surface area contributed by atoms with Crippen LogP contribution in [0.15, 0.2) is 97.1 Å². The number of carbonyl (C=O) groups is 2. The van der Waals surface area contributed by atoms with Gasteiger partial charge in [-0.05, 0) is 71.5 Å². The molecule has 2 saturated heterocycles. The van der Waals surface area contributed by atoms with Crippen molar-refractivity contribution in [2.45, 2.75) is 57.5 Å². The van der Waals surface area contributed by atoms with Gasteiger partial charge in [0.2, 0.25) is 0 Å². The van der Waals surface area contributed by atoms with E-state index >= 15 is 0 Å². The lowest BCUT2D eigenvalue weighted by atomic mass is 9.89. The van der Waals surface area contributed by atoms with Crippen LogP contribution in [0.5, 0.6) is 0 Å². The Bertz CT molecular complexity index is 1720. The molecule has 3 heterocycles. The Kier molecular flexibility index (Phi) is 9.03. The highest BCUT2D eigenvalue weighted by atomic mass is 16.7. The first kappa shape index (κ1) is 31.4. The van der Waals surface area contributed by atoms with Crippen molar-refractivity contribution in [2.75, 3.05) is 19.7 Å². The van der Waals surface area contributed by atoms with Crippen LogP contribution in [0.4, 0.5) is 0 Å². The average Bonchev–Trinajstić information content (AvgIpc) is 3.67. The van der Waals surface area contributed by atoms with Gasteiger partial charge in [-0.1, -0.05) is 79.7 Å². The van der Waals surface area contributed by atoms with Crippen LogP contribution < -0.4 is 0 Å². The number of ether oxygens (including phenoxy) is 2. The SMILES string of the molecule is CC1C(CN2CCCC2CO)OC(c2cccc(-c3cccc(CN4C(=O)c5ccccc5C4=O)c3)c2)OC1c1ccc(CO)cc1. The monoisotopic (exact) mass is 632 g/mol. The largest absolute Gasteiger partial charge is 0.395 e. The Labute approximate surface area is 275 Å². The van der Waals surface area contributed by atoms with Crippen molar-refractivity contribution in [3.63, 3.8) is 0 Å². The first-order valence-corrected chi connectivity index (χ1v) is 16.4. The van der Waals surface area contributed by atoms with E-state index in [1.807, 2.05) is 66.7 Å². The number of imide groups is 1. The van der Waals surface area contributed by atoms with E-state index in [0.29, 0.717) is 17.7 Å². The predicted octanol–water partition coefficient (Wildman–Crippen LogP) is 5.89. The Morgan fingerprint density at radius 2 is 1.47 bits per heavy atom. The molecule has 7 rings (SSSR count). The molecule has 4 aromatic rings. The standard InChI is InChI=1S/C39H40N2O6/c1-25-35(22-40-18-6-11-32(40)24-43)46-39(47-36(25)28-16-14-26(23-42)15-17-28)31-10-5-9-30(20-31)29-8-4-7-27(19-29)21-41-37(44)33-12-2-3-13-34(33)38(41)45/h2-5,7-10,12-17,19-20,25,32,35-36,39,42-43H,6,11,18,21-24H2,1H3. The fraction of sp³-hybridized carbons (Fsp3) is 0.333. The summed E-state index contributed by atoms with van der Waals surface area (Å²) >= 11 is 0. The fourth-order valence-corrected chi connectivity index (χ4v) is 7.18. The summed E-state index contributed by atoms with van der Waals surface area (Å²) in [6.07, 6.45) is 1.07. The number of likely N-dealkylation sites (tertiary alicyclic amines) is 1. The Hall–Kier alpha value is -4.18. The third-order valence-electron chi connectivity index (χ3n) is 9.89. The van der Waals surface area contributed by atoms with Gasteiger partial charge in [0.1, 0.15) is 0 Å². The second-order valence-electron chi connectivity index (χ2n) is 12.9. The molecular weight excluding hydrogens is 592 g/mol. The van der Waals surface area contributed by atoms with Crippen LogP contribution in [0.2, 0.25) is 0 Å². The van der Waals surface area contributed by atoms with E-state index in [-0.39, 0.29) is 55.7 Å². The van der Waals surface area contributed by atoms with Gasteiger partial charge in [0.15, 0.2) is 6.29 Å². The number of amides is 2. The van der Waals surface area contributed by atoms with E-state index in [9.17, 15) is 19.8 Å². The highest BCUT2D eigenvalue weighted by Crippen LogP contribution is 2.43. The van der Waals surface area contributed by atoms with Crippen molar-refractivity contribution < 1.29 is 29.3 Å². The summed E-state index contributed by atoms with van der Waals surface area (Å²) < 4.78 is 13.4. The van der Waals surface area contributed by atoms with Gasteiger partial charge in [-0.25, -0.2) is 0 Å². The smallest absolute Gasteiger partial charge is 0.261 e. The summed E-state index contributed by atoms with van der Waals surface area (Å²) in [5.41, 5.74) is 6.45. The summed E-state index contributed by atoms with van der Waals surface area (Å²) in [5.74, 6) is -0.491. The number of hydrogen-bond acceptors (Lipinski definition) is 7. The van der Waals surface area contributed by atoms with Crippen molar-refractivity contribution >= 4 is 11.8 Å². The fourth-order valence-electron chi connectivity index (χ4n) is 7.18. The lowest BCUT2D eigenvalue weighted by molar-refractivity contribution is -0.276. The van der Waals surface area contributed by atoms with Crippen molar-refractivity contribution in [3.05, 3.63) is 130 Å². The number of aliphatic hydroxyl groups excluding tert-OH is 2. The predicted molar refractivity (Wildman–Crippen MR) is 177 cm³/mol. The zero-order valence-corrected chi connectivity index (χ0v) is 26.5. The molecule has 5 atom stereocenters. The van der Waals surface area contributed by atoms with Crippen molar-refractivity contribution in [1.29, 1.82) is 0 Å². The van der Waals surface area contributed by atoms with Gasteiger partial charge in [0, 0.05) is 24.1 Å². The lowest BCUT2D eigenvalue weighted by Crippen LogP contribution is -2.46. The molecule has 242 valence electrons. The number of nitrogens with zero attached hydrogens (tertiary/aromatic N) is 2. The van der Waals surface area contributed by atoms with Crippen LogP contribution in [0, 0.1) is 5.92 Å². The molecule has 8 heteroatoms. The number of hydrogen-bond donors (Lipinski definition) is 2. The minimum atomic E-state index is -0.615. The summed E-state index contributed by atoms with van der Waals surface area (Å²) in [7, 11) is 0. The van der Waals surface area contributed by atoms with Gasteiger partial charge in [-0.3, -0.25) is 19.4 Å². The van der Waals surface area contributed by atoms with E-state index < -0.39 is 6.29 Å². The average molecular weight is 633 g/mol.